The Labute approximate surface area is 123 Å². The predicted molar refractivity (Wildman–Crippen MR) is 87.9 cm³/mol. The Morgan fingerprint density at radius 1 is 1.35 bits per heavy atom. The summed E-state index contributed by atoms with van der Waals surface area (Å²) in [5.74, 6) is 0. The van der Waals surface area contributed by atoms with Crippen molar-refractivity contribution in [3.63, 3.8) is 0 Å². The summed E-state index contributed by atoms with van der Waals surface area (Å²) in [5, 5.41) is 8.74. The summed E-state index contributed by atoms with van der Waals surface area (Å²) in [7, 11) is 0. The summed E-state index contributed by atoms with van der Waals surface area (Å²) in [6.07, 6.45) is 1.73. The fraction of sp³-hybridized carbons (Fsp3) is 0.133. The Morgan fingerprint density at radius 2 is 2.15 bits per heavy atom. The minimum Gasteiger partial charge on any atom is -0.358 e. The molecule has 0 aliphatic heterocycles. The Morgan fingerprint density at radius 3 is 2.95 bits per heavy atom. The smallest absolute Gasteiger partial charge is 0.187 e. The van der Waals surface area contributed by atoms with E-state index in [0.29, 0.717) is 11.7 Å². The Hall–Kier alpha value is -2.27. The zero-order valence-electron chi connectivity index (χ0n) is 11.3. The van der Waals surface area contributed by atoms with Gasteiger partial charge < -0.3 is 5.32 Å². The number of thiocarbonyl (C=S) groups is 1. The van der Waals surface area contributed by atoms with Crippen LogP contribution in [0.25, 0.3) is 10.9 Å². The maximum absolute atomic E-state index is 5.07. The Bertz CT molecular complexity index is 664. The van der Waals surface area contributed by atoms with Crippen LogP contribution in [0.1, 0.15) is 12.6 Å². The van der Waals surface area contributed by atoms with E-state index in [1.807, 2.05) is 43.3 Å². The molecule has 0 aliphatic carbocycles. The maximum Gasteiger partial charge on any atom is 0.187 e. The van der Waals surface area contributed by atoms with Crippen LogP contribution < -0.4 is 10.7 Å². The van der Waals surface area contributed by atoms with Gasteiger partial charge in [0.25, 0.3) is 0 Å². The van der Waals surface area contributed by atoms with Crippen molar-refractivity contribution in [2.24, 2.45) is 5.10 Å². The zero-order chi connectivity index (χ0) is 14.4. The van der Waals surface area contributed by atoms with Crippen molar-refractivity contribution in [3.05, 3.63) is 54.7 Å². The van der Waals surface area contributed by atoms with Crippen LogP contribution in [0, 0.1) is 0 Å². The number of pyridine rings is 1. The number of fused-ring (bicyclic) bond motifs is 1. The van der Waals surface area contributed by atoms with Gasteiger partial charge in [-0.3, -0.25) is 5.43 Å². The van der Waals surface area contributed by atoms with Gasteiger partial charge in [-0.15, -0.1) is 6.58 Å². The predicted octanol–water partition coefficient (Wildman–Crippen LogP) is 2.61. The van der Waals surface area contributed by atoms with E-state index in [4.69, 9.17) is 12.2 Å². The van der Waals surface area contributed by atoms with Crippen molar-refractivity contribution >= 4 is 33.9 Å². The van der Waals surface area contributed by atoms with E-state index >= 15 is 0 Å². The second-order valence-corrected chi connectivity index (χ2v) is 4.61. The van der Waals surface area contributed by atoms with Gasteiger partial charge in [0.1, 0.15) is 0 Å². The minimum atomic E-state index is 0.463. The van der Waals surface area contributed by atoms with Crippen molar-refractivity contribution in [2.75, 3.05) is 6.54 Å². The largest absolute Gasteiger partial charge is 0.358 e. The first-order valence-corrected chi connectivity index (χ1v) is 6.66. The van der Waals surface area contributed by atoms with Gasteiger partial charge in [-0.1, -0.05) is 30.3 Å². The molecule has 0 aliphatic rings. The molecule has 0 atom stereocenters. The lowest BCUT2D eigenvalue weighted by molar-refractivity contribution is 0.935. The van der Waals surface area contributed by atoms with Gasteiger partial charge in [-0.25, -0.2) is 4.98 Å². The lowest BCUT2D eigenvalue weighted by atomic mass is 10.2. The second-order valence-electron chi connectivity index (χ2n) is 4.20. The second kappa shape index (κ2) is 6.77. The first-order valence-electron chi connectivity index (χ1n) is 6.26. The number of para-hydroxylation sites is 1. The SMILES string of the molecule is C=CCNC(=S)NN=C(C)c1ccc2ccccc2n1. The van der Waals surface area contributed by atoms with Crippen LogP contribution in [0.5, 0.6) is 0 Å². The molecule has 2 N–H and O–H groups in total. The van der Waals surface area contributed by atoms with Crippen molar-refractivity contribution in [1.29, 1.82) is 0 Å². The molecule has 20 heavy (non-hydrogen) atoms. The summed E-state index contributed by atoms with van der Waals surface area (Å²) in [6, 6.07) is 12.0. The zero-order valence-corrected chi connectivity index (χ0v) is 12.1. The van der Waals surface area contributed by atoms with Crippen molar-refractivity contribution in [2.45, 2.75) is 6.92 Å². The van der Waals surface area contributed by atoms with Gasteiger partial charge in [0, 0.05) is 11.9 Å². The van der Waals surface area contributed by atoms with Crippen LogP contribution in [0.15, 0.2) is 54.2 Å². The molecular formula is C15H16N4S. The highest BCUT2D eigenvalue weighted by molar-refractivity contribution is 7.80. The summed E-state index contributed by atoms with van der Waals surface area (Å²) < 4.78 is 0. The first-order chi connectivity index (χ1) is 9.70. The molecule has 0 spiro atoms. The molecule has 2 rings (SSSR count). The van der Waals surface area contributed by atoms with E-state index in [9.17, 15) is 0 Å². The van der Waals surface area contributed by atoms with E-state index in [2.05, 4.69) is 27.4 Å². The molecule has 0 saturated carbocycles. The molecule has 4 nitrogen and oxygen atoms in total. The topological polar surface area (TPSA) is 49.3 Å². The normalized spacial score (nSPS) is 11.2. The molecule has 1 aromatic carbocycles. The monoisotopic (exact) mass is 284 g/mol. The first kappa shape index (κ1) is 14.1. The lowest BCUT2D eigenvalue weighted by Crippen LogP contribution is -2.32. The van der Waals surface area contributed by atoms with Crippen molar-refractivity contribution in [1.82, 2.24) is 15.7 Å². The van der Waals surface area contributed by atoms with Gasteiger partial charge in [0.15, 0.2) is 5.11 Å². The molecule has 1 aromatic heterocycles. The Kier molecular flexibility index (Phi) is 4.79. The maximum atomic E-state index is 5.07. The third-order valence-corrected chi connectivity index (χ3v) is 2.94. The van der Waals surface area contributed by atoms with Crippen LogP contribution in [0.4, 0.5) is 0 Å². The molecule has 0 saturated heterocycles. The molecule has 0 radical (unpaired) electrons. The van der Waals surface area contributed by atoms with Crippen LogP contribution in [0.2, 0.25) is 0 Å². The molecule has 5 heteroatoms. The van der Waals surface area contributed by atoms with E-state index < -0.39 is 0 Å². The fourth-order valence-corrected chi connectivity index (χ4v) is 1.79. The van der Waals surface area contributed by atoms with Gasteiger partial charge in [0.05, 0.1) is 16.9 Å². The highest BCUT2D eigenvalue weighted by Crippen LogP contribution is 2.12. The molecule has 102 valence electrons. The molecule has 1 heterocycles. The average molecular weight is 284 g/mol. The number of benzene rings is 1. The lowest BCUT2D eigenvalue weighted by Gasteiger charge is -2.06. The highest BCUT2D eigenvalue weighted by atomic mass is 32.1. The van der Waals surface area contributed by atoms with Crippen LogP contribution in [-0.4, -0.2) is 22.4 Å². The number of hydrazone groups is 1. The summed E-state index contributed by atoms with van der Waals surface area (Å²) in [5.41, 5.74) is 5.33. The highest BCUT2D eigenvalue weighted by Gasteiger charge is 2.01. The fourth-order valence-electron chi connectivity index (χ4n) is 1.66. The quantitative estimate of drug-likeness (QED) is 0.392. The van der Waals surface area contributed by atoms with Crippen LogP contribution in [-0.2, 0) is 0 Å². The molecule has 2 aromatic rings. The number of rotatable bonds is 4. The molecular weight excluding hydrogens is 268 g/mol. The van der Waals surface area contributed by atoms with Crippen LogP contribution in [0.3, 0.4) is 0 Å². The van der Waals surface area contributed by atoms with E-state index in [-0.39, 0.29) is 0 Å². The van der Waals surface area contributed by atoms with Gasteiger partial charge >= 0.3 is 0 Å². The number of hydrogen-bond donors (Lipinski definition) is 2. The van der Waals surface area contributed by atoms with Crippen molar-refractivity contribution in [3.8, 4) is 0 Å². The standard InChI is InChI=1S/C15H16N4S/c1-3-10-16-15(20)19-18-11(2)13-9-8-12-6-4-5-7-14(12)17-13/h3-9H,1,10H2,2H3,(H2,16,19,20). The minimum absolute atomic E-state index is 0.463. The number of nitrogens with one attached hydrogen (secondary N) is 2. The van der Waals surface area contributed by atoms with Crippen LogP contribution >= 0.6 is 12.2 Å². The molecule has 0 amide bonds. The summed E-state index contributed by atoms with van der Waals surface area (Å²) in [6.45, 7) is 6.10. The van der Waals surface area contributed by atoms with E-state index in [1.54, 1.807) is 6.08 Å². The molecule has 0 unspecified atom stereocenters. The van der Waals surface area contributed by atoms with Gasteiger partial charge in [-0.05, 0) is 31.3 Å². The van der Waals surface area contributed by atoms with E-state index in [0.717, 1.165) is 22.3 Å². The molecule has 0 fully saturated rings. The third-order valence-electron chi connectivity index (χ3n) is 2.70. The molecule has 0 bridgehead atoms. The van der Waals surface area contributed by atoms with Crippen molar-refractivity contribution < 1.29 is 0 Å². The number of hydrogen-bond acceptors (Lipinski definition) is 3. The number of aromatic nitrogens is 1. The average Bonchev–Trinajstić information content (AvgIpc) is 2.50. The van der Waals surface area contributed by atoms with E-state index in [1.165, 1.54) is 0 Å². The Balaban J connectivity index is 2.12. The van der Waals surface area contributed by atoms with Gasteiger partial charge in [-0.2, -0.15) is 5.10 Å². The van der Waals surface area contributed by atoms with Gasteiger partial charge in [0.2, 0.25) is 0 Å². The number of nitrogens with zero attached hydrogens (tertiary/aromatic N) is 2. The third kappa shape index (κ3) is 3.61. The summed E-state index contributed by atoms with van der Waals surface area (Å²) >= 11 is 5.07. The summed E-state index contributed by atoms with van der Waals surface area (Å²) in [4.78, 5) is 4.56.